The lowest BCUT2D eigenvalue weighted by Crippen LogP contribution is -2.19. The normalized spacial score (nSPS) is 11.5. The summed E-state index contributed by atoms with van der Waals surface area (Å²) in [4.78, 5) is 28.5. The molecule has 3 heterocycles. The van der Waals surface area contributed by atoms with Crippen LogP contribution in [0.4, 0.5) is 8.78 Å². The first-order valence-corrected chi connectivity index (χ1v) is 9.95. The SMILES string of the molecule is CCOc1c(F)ccc(F)c1Cn1c(=O)[nH]c2cnc(-n3cnc4ccc(C)cc43)nc21. The van der Waals surface area contributed by atoms with E-state index in [0.29, 0.717) is 11.5 Å². The predicted octanol–water partition coefficient (Wildman–Crippen LogP) is 3.49. The number of halogens is 2. The molecule has 0 spiro atoms. The van der Waals surface area contributed by atoms with Crippen LogP contribution in [0.5, 0.6) is 5.75 Å². The van der Waals surface area contributed by atoms with Crippen molar-refractivity contribution >= 4 is 22.2 Å². The summed E-state index contributed by atoms with van der Waals surface area (Å²) in [5, 5.41) is 0. The van der Waals surface area contributed by atoms with Crippen molar-refractivity contribution in [3.05, 3.63) is 76.1 Å². The molecule has 0 atom stereocenters. The topological polar surface area (TPSA) is 90.6 Å². The van der Waals surface area contributed by atoms with Gasteiger partial charge in [0.15, 0.2) is 17.2 Å². The largest absolute Gasteiger partial charge is 0.490 e. The van der Waals surface area contributed by atoms with E-state index in [4.69, 9.17) is 4.74 Å². The molecule has 0 saturated carbocycles. The van der Waals surface area contributed by atoms with E-state index < -0.39 is 17.3 Å². The van der Waals surface area contributed by atoms with Gasteiger partial charge in [0.1, 0.15) is 17.7 Å². The Balaban J connectivity index is 1.66. The molecule has 0 fully saturated rings. The van der Waals surface area contributed by atoms with Gasteiger partial charge in [-0.3, -0.25) is 9.13 Å². The standard InChI is InChI=1S/C22H18F2N6O2/c1-3-32-19-13(14(23)5-6-15(19)24)10-29-20-17(27-22(29)31)9-25-21(28-20)30-11-26-16-7-4-12(2)8-18(16)30/h4-9,11H,3,10H2,1-2H3,(H,27,31). The van der Waals surface area contributed by atoms with Gasteiger partial charge >= 0.3 is 5.69 Å². The first kappa shape index (κ1) is 19.9. The van der Waals surface area contributed by atoms with Crippen LogP contribution in [0.15, 0.2) is 47.7 Å². The maximum atomic E-state index is 14.6. The van der Waals surface area contributed by atoms with E-state index in [0.717, 1.165) is 28.7 Å². The van der Waals surface area contributed by atoms with Gasteiger partial charge in [0, 0.05) is 0 Å². The Hall–Kier alpha value is -4.08. The van der Waals surface area contributed by atoms with Crippen molar-refractivity contribution in [1.29, 1.82) is 0 Å². The number of nitrogens with zero attached hydrogens (tertiary/aromatic N) is 5. The Morgan fingerprint density at radius 3 is 2.75 bits per heavy atom. The fraction of sp³-hybridized carbons (Fsp3) is 0.182. The Kier molecular flexibility index (Phi) is 4.69. The third-order valence-electron chi connectivity index (χ3n) is 5.18. The molecule has 0 aliphatic rings. The van der Waals surface area contributed by atoms with Gasteiger partial charge in [-0.2, -0.15) is 4.98 Å². The van der Waals surface area contributed by atoms with Crippen LogP contribution in [0.25, 0.3) is 28.1 Å². The van der Waals surface area contributed by atoms with Crippen molar-refractivity contribution < 1.29 is 13.5 Å². The number of hydrogen-bond donors (Lipinski definition) is 1. The minimum absolute atomic E-state index is 0.0706. The zero-order chi connectivity index (χ0) is 22.4. The van der Waals surface area contributed by atoms with Crippen LogP contribution in [0, 0.1) is 18.6 Å². The lowest BCUT2D eigenvalue weighted by atomic mass is 10.1. The van der Waals surface area contributed by atoms with E-state index in [1.807, 2.05) is 25.1 Å². The summed E-state index contributed by atoms with van der Waals surface area (Å²) in [5.41, 5.74) is 2.65. The van der Waals surface area contributed by atoms with Gasteiger partial charge in [-0.1, -0.05) is 6.07 Å². The summed E-state index contributed by atoms with van der Waals surface area (Å²) in [6.07, 6.45) is 3.07. The van der Waals surface area contributed by atoms with Gasteiger partial charge in [-0.15, -0.1) is 0 Å². The number of benzene rings is 2. The van der Waals surface area contributed by atoms with Crippen molar-refractivity contribution in [2.75, 3.05) is 6.61 Å². The number of ether oxygens (including phenoxy) is 1. The Bertz CT molecular complexity index is 1540. The van der Waals surface area contributed by atoms with Crippen LogP contribution in [-0.2, 0) is 6.54 Å². The number of aromatic amines is 1. The van der Waals surface area contributed by atoms with Gasteiger partial charge in [0.25, 0.3) is 0 Å². The van der Waals surface area contributed by atoms with Crippen molar-refractivity contribution in [3.63, 3.8) is 0 Å². The summed E-state index contributed by atoms with van der Waals surface area (Å²) < 4.78 is 37.1. The number of aryl methyl sites for hydroxylation is 1. The first-order valence-electron chi connectivity index (χ1n) is 9.95. The summed E-state index contributed by atoms with van der Waals surface area (Å²) >= 11 is 0. The average molecular weight is 436 g/mol. The minimum atomic E-state index is -0.702. The molecular weight excluding hydrogens is 418 g/mol. The van der Waals surface area contributed by atoms with Gasteiger partial charge in [0.05, 0.1) is 35.9 Å². The minimum Gasteiger partial charge on any atom is -0.490 e. The number of aromatic nitrogens is 6. The van der Waals surface area contributed by atoms with Crippen molar-refractivity contribution in [3.8, 4) is 11.7 Å². The van der Waals surface area contributed by atoms with Gasteiger partial charge in [-0.25, -0.2) is 23.5 Å². The molecule has 0 aliphatic heterocycles. The number of imidazole rings is 2. The molecule has 5 aromatic rings. The maximum absolute atomic E-state index is 14.6. The molecule has 0 bridgehead atoms. The highest BCUT2D eigenvalue weighted by atomic mass is 19.1. The molecule has 5 rings (SSSR count). The zero-order valence-corrected chi connectivity index (χ0v) is 17.3. The van der Waals surface area contributed by atoms with E-state index in [9.17, 15) is 13.6 Å². The van der Waals surface area contributed by atoms with Gasteiger partial charge < -0.3 is 9.72 Å². The second kappa shape index (κ2) is 7.56. The van der Waals surface area contributed by atoms with Crippen LogP contribution in [0.2, 0.25) is 0 Å². The summed E-state index contributed by atoms with van der Waals surface area (Å²) in [6, 6.07) is 7.81. The Morgan fingerprint density at radius 2 is 1.94 bits per heavy atom. The first-order chi connectivity index (χ1) is 15.5. The molecule has 0 amide bonds. The number of rotatable bonds is 5. The zero-order valence-electron chi connectivity index (χ0n) is 17.3. The highest BCUT2D eigenvalue weighted by Gasteiger charge is 2.19. The second-order valence-electron chi connectivity index (χ2n) is 7.30. The molecular formula is C22H18F2N6O2. The van der Waals surface area contributed by atoms with Gasteiger partial charge in [0.2, 0.25) is 5.95 Å². The van der Waals surface area contributed by atoms with E-state index in [-0.39, 0.29) is 30.1 Å². The molecule has 10 heteroatoms. The molecule has 0 unspecified atom stereocenters. The molecule has 1 N–H and O–H groups in total. The van der Waals surface area contributed by atoms with Gasteiger partial charge in [-0.05, 0) is 43.7 Å². The highest BCUT2D eigenvalue weighted by Crippen LogP contribution is 2.27. The lowest BCUT2D eigenvalue weighted by molar-refractivity contribution is 0.313. The van der Waals surface area contributed by atoms with Crippen LogP contribution >= 0.6 is 0 Å². The molecule has 32 heavy (non-hydrogen) atoms. The van der Waals surface area contributed by atoms with Crippen molar-refractivity contribution in [1.82, 2.24) is 29.1 Å². The van der Waals surface area contributed by atoms with E-state index in [2.05, 4.69) is 19.9 Å². The lowest BCUT2D eigenvalue weighted by Gasteiger charge is -2.12. The molecule has 0 aliphatic carbocycles. The van der Waals surface area contributed by atoms with Crippen LogP contribution in [0.1, 0.15) is 18.1 Å². The quantitative estimate of drug-likeness (QED) is 0.456. The monoisotopic (exact) mass is 436 g/mol. The number of nitrogens with one attached hydrogen (secondary N) is 1. The molecule has 162 valence electrons. The number of fused-ring (bicyclic) bond motifs is 2. The highest BCUT2D eigenvalue weighted by molar-refractivity contribution is 5.78. The van der Waals surface area contributed by atoms with E-state index >= 15 is 0 Å². The summed E-state index contributed by atoms with van der Waals surface area (Å²) in [6.45, 7) is 3.52. The molecule has 2 aromatic carbocycles. The number of H-pyrrole nitrogens is 1. The molecule has 0 saturated heterocycles. The average Bonchev–Trinajstić information content (AvgIpc) is 3.33. The fourth-order valence-electron chi connectivity index (χ4n) is 3.66. The van der Waals surface area contributed by atoms with E-state index in [1.54, 1.807) is 17.8 Å². The second-order valence-corrected chi connectivity index (χ2v) is 7.30. The van der Waals surface area contributed by atoms with Crippen LogP contribution < -0.4 is 10.4 Å². The van der Waals surface area contributed by atoms with Crippen molar-refractivity contribution in [2.24, 2.45) is 0 Å². The number of hydrogen-bond acceptors (Lipinski definition) is 5. The van der Waals surface area contributed by atoms with Crippen LogP contribution in [0.3, 0.4) is 0 Å². The third kappa shape index (κ3) is 3.20. The maximum Gasteiger partial charge on any atom is 0.328 e. The molecule has 3 aromatic heterocycles. The molecule has 0 radical (unpaired) electrons. The van der Waals surface area contributed by atoms with E-state index in [1.165, 1.54) is 10.8 Å². The Labute approximate surface area is 180 Å². The van der Waals surface area contributed by atoms with Crippen molar-refractivity contribution in [2.45, 2.75) is 20.4 Å². The summed E-state index contributed by atoms with van der Waals surface area (Å²) in [5.74, 6) is -1.31. The third-order valence-corrected chi connectivity index (χ3v) is 5.18. The van der Waals surface area contributed by atoms with Crippen LogP contribution in [-0.4, -0.2) is 35.7 Å². The smallest absolute Gasteiger partial charge is 0.328 e. The fourth-order valence-corrected chi connectivity index (χ4v) is 3.66. The summed E-state index contributed by atoms with van der Waals surface area (Å²) in [7, 11) is 0. The predicted molar refractivity (Wildman–Crippen MR) is 114 cm³/mol. The Morgan fingerprint density at radius 1 is 1.12 bits per heavy atom. The molecule has 8 nitrogen and oxygen atoms in total.